The van der Waals surface area contributed by atoms with Gasteiger partial charge in [0, 0.05) is 14.1 Å². The van der Waals surface area contributed by atoms with E-state index in [4.69, 9.17) is 9.47 Å². The zero-order chi connectivity index (χ0) is 10.3. The number of hydrogen-bond donors (Lipinski definition) is 1. The minimum atomic E-state index is -0.842. The molecule has 14 heavy (non-hydrogen) atoms. The maximum Gasteiger partial charge on any atom is 0.287 e. The molecule has 2 unspecified atom stereocenters. The average molecular weight is 200 g/mol. The number of aliphatic imine (C=N–C) groups is 1. The first-order valence-electron chi connectivity index (χ1n) is 4.83. The van der Waals surface area contributed by atoms with Crippen molar-refractivity contribution in [3.8, 4) is 0 Å². The number of nitrogens with zero attached hydrogens (tertiary/aromatic N) is 2. The Morgan fingerprint density at radius 1 is 1.57 bits per heavy atom. The van der Waals surface area contributed by atoms with Crippen LogP contribution in [0.2, 0.25) is 0 Å². The Labute approximate surface area is 83.3 Å². The monoisotopic (exact) mass is 200 g/mol. The summed E-state index contributed by atoms with van der Waals surface area (Å²) in [5.74, 6) is 0. The molecule has 5 heteroatoms. The summed E-state index contributed by atoms with van der Waals surface area (Å²) in [6, 6.07) is 0.754. The Hall–Kier alpha value is -0.810. The molecule has 2 rings (SSSR count). The van der Waals surface area contributed by atoms with E-state index in [0.29, 0.717) is 6.02 Å². The molecule has 2 aliphatic rings. The van der Waals surface area contributed by atoms with Gasteiger partial charge in [0.1, 0.15) is 0 Å². The Kier molecular flexibility index (Phi) is 2.36. The fourth-order valence-corrected chi connectivity index (χ4v) is 2.11. The van der Waals surface area contributed by atoms with Gasteiger partial charge in [0.05, 0.1) is 12.1 Å². The number of aliphatic hydroxyl groups excluding tert-OH is 1. The highest BCUT2D eigenvalue weighted by molar-refractivity contribution is 5.76. The normalized spacial score (nSPS) is 45.1. The molecule has 0 aromatic heterocycles. The molecule has 0 spiro atoms. The largest absolute Gasteiger partial charge is 0.454 e. The molecular weight excluding hydrogens is 184 g/mol. The van der Waals surface area contributed by atoms with Gasteiger partial charge in [-0.05, 0) is 13.3 Å². The minimum absolute atomic E-state index is 0.0634. The highest BCUT2D eigenvalue weighted by Gasteiger charge is 2.46. The fourth-order valence-electron chi connectivity index (χ4n) is 2.11. The molecule has 2 saturated heterocycles. The predicted molar refractivity (Wildman–Crippen MR) is 51.0 cm³/mol. The van der Waals surface area contributed by atoms with E-state index in [9.17, 15) is 5.11 Å². The summed E-state index contributed by atoms with van der Waals surface area (Å²) in [5.41, 5.74) is 0. The van der Waals surface area contributed by atoms with E-state index in [0.717, 1.165) is 6.42 Å². The third-order valence-corrected chi connectivity index (χ3v) is 2.84. The molecule has 5 nitrogen and oxygen atoms in total. The molecule has 2 fully saturated rings. The van der Waals surface area contributed by atoms with E-state index in [1.54, 1.807) is 7.05 Å². The highest BCUT2D eigenvalue weighted by Crippen LogP contribution is 2.30. The summed E-state index contributed by atoms with van der Waals surface area (Å²) < 4.78 is 10.8. The lowest BCUT2D eigenvalue weighted by molar-refractivity contribution is -0.209. The lowest BCUT2D eigenvalue weighted by Crippen LogP contribution is -2.49. The number of rotatable bonds is 0. The number of ether oxygens (including phenoxy) is 2. The van der Waals surface area contributed by atoms with Gasteiger partial charge >= 0.3 is 0 Å². The third kappa shape index (κ3) is 1.36. The van der Waals surface area contributed by atoms with Gasteiger partial charge < -0.3 is 19.5 Å². The van der Waals surface area contributed by atoms with Crippen LogP contribution in [0.3, 0.4) is 0 Å². The molecule has 0 aromatic carbocycles. The second-order valence-electron chi connectivity index (χ2n) is 3.84. The average Bonchev–Trinajstić information content (AvgIpc) is 2.44. The van der Waals surface area contributed by atoms with E-state index in [2.05, 4.69) is 4.99 Å². The summed E-state index contributed by atoms with van der Waals surface area (Å²) in [6.45, 7) is 1.95. The van der Waals surface area contributed by atoms with Crippen LogP contribution in [0.15, 0.2) is 4.99 Å². The standard InChI is InChI=1S/C9H16N2O3/c1-5-4-6-7(8(12)13-5)14-9(10-2)11(6)3/h5-8,12H,4H2,1-3H3/t5-,6?,7-,8?/m1/s1. The number of likely N-dealkylation sites (N-methyl/N-ethyl adjacent to an activating group) is 1. The Morgan fingerprint density at radius 3 is 2.93 bits per heavy atom. The van der Waals surface area contributed by atoms with Gasteiger partial charge in [-0.1, -0.05) is 0 Å². The van der Waals surface area contributed by atoms with Crippen molar-refractivity contribution in [1.82, 2.24) is 4.90 Å². The van der Waals surface area contributed by atoms with Gasteiger partial charge in [-0.15, -0.1) is 0 Å². The van der Waals surface area contributed by atoms with Crippen molar-refractivity contribution in [1.29, 1.82) is 0 Å². The molecular formula is C9H16N2O3. The molecule has 0 aliphatic carbocycles. The molecule has 0 amide bonds. The molecule has 0 radical (unpaired) electrons. The van der Waals surface area contributed by atoms with Crippen LogP contribution in [0.5, 0.6) is 0 Å². The molecule has 0 bridgehead atoms. The fraction of sp³-hybridized carbons (Fsp3) is 0.889. The van der Waals surface area contributed by atoms with Crippen molar-refractivity contribution in [2.24, 2.45) is 4.99 Å². The second kappa shape index (κ2) is 3.40. The van der Waals surface area contributed by atoms with Gasteiger partial charge in [-0.25, -0.2) is 4.99 Å². The molecule has 80 valence electrons. The summed E-state index contributed by atoms with van der Waals surface area (Å²) >= 11 is 0. The van der Waals surface area contributed by atoms with Crippen LogP contribution in [0, 0.1) is 0 Å². The Bertz CT molecular complexity index is 256. The van der Waals surface area contributed by atoms with Gasteiger partial charge in [0.15, 0.2) is 12.4 Å². The number of fused-ring (bicyclic) bond motifs is 1. The quantitative estimate of drug-likeness (QED) is 0.588. The van der Waals surface area contributed by atoms with Gasteiger partial charge in [0.25, 0.3) is 6.02 Å². The number of aliphatic hydroxyl groups is 1. The number of hydrogen-bond acceptors (Lipinski definition) is 4. The van der Waals surface area contributed by atoms with Crippen molar-refractivity contribution in [2.45, 2.75) is 37.9 Å². The summed E-state index contributed by atoms with van der Waals surface area (Å²) in [4.78, 5) is 5.97. The number of amidine groups is 1. The zero-order valence-electron chi connectivity index (χ0n) is 8.67. The first kappa shape index (κ1) is 9.73. The van der Waals surface area contributed by atoms with Crippen LogP contribution in [0.4, 0.5) is 0 Å². The zero-order valence-corrected chi connectivity index (χ0v) is 8.67. The Balaban J connectivity index is 2.18. The van der Waals surface area contributed by atoms with Crippen LogP contribution in [-0.4, -0.2) is 54.7 Å². The SMILES string of the molecule is CN=C1O[C@H]2C(O)O[C@H](C)CC2N1C. The van der Waals surface area contributed by atoms with Crippen molar-refractivity contribution < 1.29 is 14.6 Å². The molecule has 0 aromatic rings. The minimum Gasteiger partial charge on any atom is -0.454 e. The first-order chi connectivity index (χ1) is 6.63. The van der Waals surface area contributed by atoms with Gasteiger partial charge in [-0.2, -0.15) is 0 Å². The van der Waals surface area contributed by atoms with Gasteiger partial charge in [-0.3, -0.25) is 0 Å². The van der Waals surface area contributed by atoms with Crippen LogP contribution >= 0.6 is 0 Å². The van der Waals surface area contributed by atoms with E-state index in [1.165, 1.54) is 0 Å². The Morgan fingerprint density at radius 2 is 2.29 bits per heavy atom. The molecule has 0 saturated carbocycles. The summed E-state index contributed by atoms with van der Waals surface area (Å²) in [7, 11) is 3.61. The topological polar surface area (TPSA) is 54.3 Å². The van der Waals surface area contributed by atoms with Crippen molar-refractivity contribution in [3.05, 3.63) is 0 Å². The lowest BCUT2D eigenvalue weighted by Gasteiger charge is -2.34. The molecule has 4 atom stereocenters. The van der Waals surface area contributed by atoms with E-state index < -0.39 is 6.29 Å². The van der Waals surface area contributed by atoms with E-state index in [-0.39, 0.29) is 18.2 Å². The van der Waals surface area contributed by atoms with E-state index in [1.807, 2.05) is 18.9 Å². The van der Waals surface area contributed by atoms with Crippen molar-refractivity contribution in [2.75, 3.05) is 14.1 Å². The van der Waals surface area contributed by atoms with Crippen LogP contribution < -0.4 is 0 Å². The maximum absolute atomic E-state index is 9.65. The molecule has 2 heterocycles. The molecule has 1 N–H and O–H groups in total. The maximum atomic E-state index is 9.65. The summed E-state index contributed by atoms with van der Waals surface area (Å²) in [6.07, 6.45) is -0.217. The van der Waals surface area contributed by atoms with Crippen LogP contribution in [-0.2, 0) is 9.47 Å². The van der Waals surface area contributed by atoms with Gasteiger partial charge in [0.2, 0.25) is 0 Å². The predicted octanol–water partition coefficient (Wildman–Crippen LogP) is -0.201. The first-order valence-corrected chi connectivity index (χ1v) is 4.83. The highest BCUT2D eigenvalue weighted by atomic mass is 16.6. The van der Waals surface area contributed by atoms with E-state index >= 15 is 0 Å². The van der Waals surface area contributed by atoms with Crippen LogP contribution in [0.1, 0.15) is 13.3 Å². The van der Waals surface area contributed by atoms with Crippen LogP contribution in [0.25, 0.3) is 0 Å². The lowest BCUT2D eigenvalue weighted by atomic mass is 10.0. The summed E-state index contributed by atoms with van der Waals surface area (Å²) in [5, 5.41) is 9.65. The van der Waals surface area contributed by atoms with Crippen molar-refractivity contribution >= 4 is 6.02 Å². The smallest absolute Gasteiger partial charge is 0.287 e. The van der Waals surface area contributed by atoms with Crippen molar-refractivity contribution in [3.63, 3.8) is 0 Å². The third-order valence-electron chi connectivity index (χ3n) is 2.84. The second-order valence-corrected chi connectivity index (χ2v) is 3.84. The molecule has 2 aliphatic heterocycles.